The predicted molar refractivity (Wildman–Crippen MR) is 127 cm³/mol. The summed E-state index contributed by atoms with van der Waals surface area (Å²) in [7, 11) is 4.55. The van der Waals surface area contributed by atoms with Crippen LogP contribution in [-0.4, -0.2) is 32.2 Å². The predicted octanol–water partition coefficient (Wildman–Crippen LogP) is 5.67. The van der Waals surface area contributed by atoms with Crippen LogP contribution in [0.1, 0.15) is 5.56 Å². The number of ether oxygens (including phenoxy) is 3. The van der Waals surface area contributed by atoms with Crippen molar-refractivity contribution in [2.24, 2.45) is 0 Å². The summed E-state index contributed by atoms with van der Waals surface area (Å²) < 4.78 is 30.3. The topological polar surface area (TPSA) is 72.6 Å². The Kier molecular flexibility index (Phi) is 6.74. The Labute approximate surface area is 195 Å². The number of rotatable bonds is 8. The van der Waals surface area contributed by atoms with Crippen LogP contribution < -0.4 is 19.5 Å². The SMILES string of the molecule is COc1cc(NC(=O)Cc2c(Sc3ccccc3F)[nH]c3ccccc23)cc(OC)c1OC. The maximum atomic E-state index is 14.3. The van der Waals surface area contributed by atoms with E-state index in [0.29, 0.717) is 27.8 Å². The second-order valence-corrected chi connectivity index (χ2v) is 8.20. The van der Waals surface area contributed by atoms with Gasteiger partial charge in [-0.05, 0) is 18.2 Å². The van der Waals surface area contributed by atoms with Gasteiger partial charge in [-0.2, -0.15) is 0 Å². The first-order chi connectivity index (χ1) is 16.0. The largest absolute Gasteiger partial charge is 0.493 e. The minimum atomic E-state index is -0.311. The molecule has 4 rings (SSSR count). The van der Waals surface area contributed by atoms with Crippen molar-refractivity contribution in [2.75, 3.05) is 26.6 Å². The van der Waals surface area contributed by atoms with Crippen molar-refractivity contribution in [3.8, 4) is 17.2 Å². The monoisotopic (exact) mass is 466 g/mol. The number of aromatic amines is 1. The van der Waals surface area contributed by atoms with Crippen LogP contribution in [0.5, 0.6) is 17.2 Å². The quantitative estimate of drug-likeness (QED) is 0.350. The molecule has 0 saturated heterocycles. The number of para-hydroxylation sites is 1. The number of benzene rings is 3. The van der Waals surface area contributed by atoms with E-state index in [2.05, 4.69) is 10.3 Å². The number of nitrogens with one attached hydrogen (secondary N) is 2. The molecule has 1 amide bonds. The summed E-state index contributed by atoms with van der Waals surface area (Å²) in [5.41, 5.74) is 2.19. The van der Waals surface area contributed by atoms with E-state index in [4.69, 9.17) is 14.2 Å². The van der Waals surface area contributed by atoms with Crippen LogP contribution in [0.25, 0.3) is 10.9 Å². The molecule has 0 unspecified atom stereocenters. The van der Waals surface area contributed by atoms with Crippen molar-refractivity contribution in [2.45, 2.75) is 16.3 Å². The highest BCUT2D eigenvalue weighted by Crippen LogP contribution is 2.40. The van der Waals surface area contributed by atoms with Crippen molar-refractivity contribution < 1.29 is 23.4 Å². The molecule has 33 heavy (non-hydrogen) atoms. The zero-order chi connectivity index (χ0) is 23.4. The van der Waals surface area contributed by atoms with Gasteiger partial charge in [0.1, 0.15) is 5.82 Å². The molecule has 0 saturated carbocycles. The van der Waals surface area contributed by atoms with Crippen LogP contribution >= 0.6 is 11.8 Å². The number of aromatic nitrogens is 1. The molecule has 6 nitrogen and oxygen atoms in total. The third-order valence-corrected chi connectivity index (χ3v) is 6.21. The maximum absolute atomic E-state index is 14.3. The third kappa shape index (κ3) is 4.75. The smallest absolute Gasteiger partial charge is 0.228 e. The Morgan fingerprint density at radius 1 is 0.970 bits per heavy atom. The molecule has 8 heteroatoms. The molecule has 0 aliphatic rings. The second-order valence-electron chi connectivity index (χ2n) is 7.15. The van der Waals surface area contributed by atoms with Gasteiger partial charge < -0.3 is 24.5 Å². The first-order valence-corrected chi connectivity index (χ1v) is 11.0. The molecule has 0 radical (unpaired) electrons. The van der Waals surface area contributed by atoms with Crippen LogP contribution in [0.15, 0.2) is 70.6 Å². The summed E-state index contributed by atoms with van der Waals surface area (Å²) >= 11 is 1.26. The fourth-order valence-corrected chi connectivity index (χ4v) is 4.59. The summed E-state index contributed by atoms with van der Waals surface area (Å²) in [5.74, 6) is 0.779. The molecular weight excluding hydrogens is 443 g/mol. The van der Waals surface area contributed by atoms with Gasteiger partial charge in [-0.25, -0.2) is 4.39 Å². The average molecular weight is 467 g/mol. The fourth-order valence-electron chi connectivity index (χ4n) is 3.59. The zero-order valence-corrected chi connectivity index (χ0v) is 19.2. The summed E-state index contributed by atoms with van der Waals surface area (Å²) in [6.45, 7) is 0. The lowest BCUT2D eigenvalue weighted by atomic mass is 10.1. The summed E-state index contributed by atoms with van der Waals surface area (Å²) in [4.78, 5) is 16.8. The summed E-state index contributed by atoms with van der Waals surface area (Å²) in [6, 6.07) is 17.6. The Morgan fingerprint density at radius 2 is 1.64 bits per heavy atom. The molecule has 0 spiro atoms. The standard InChI is InChI=1S/C25H23FN2O4S/c1-30-20-12-15(13-21(31-2)24(20)32-3)27-23(29)14-17-16-8-4-6-10-19(16)28-25(17)33-22-11-7-5-9-18(22)26/h4-13,28H,14H2,1-3H3,(H,27,29). The van der Waals surface area contributed by atoms with Gasteiger partial charge in [0.15, 0.2) is 11.5 Å². The van der Waals surface area contributed by atoms with Crippen molar-refractivity contribution in [3.05, 3.63) is 72.0 Å². The van der Waals surface area contributed by atoms with Gasteiger partial charge in [0, 0.05) is 39.2 Å². The lowest BCUT2D eigenvalue weighted by Gasteiger charge is -2.14. The third-order valence-electron chi connectivity index (χ3n) is 5.11. The Hall–Kier alpha value is -3.65. The molecule has 0 fully saturated rings. The Balaban J connectivity index is 1.64. The first-order valence-electron chi connectivity index (χ1n) is 10.2. The fraction of sp³-hybridized carbons (Fsp3) is 0.160. The minimum absolute atomic E-state index is 0.0947. The molecule has 1 aromatic heterocycles. The molecule has 4 aromatic rings. The van der Waals surface area contributed by atoms with Crippen molar-refractivity contribution in [1.29, 1.82) is 0 Å². The van der Waals surface area contributed by atoms with E-state index in [0.717, 1.165) is 21.5 Å². The molecule has 0 aliphatic heterocycles. The number of hydrogen-bond acceptors (Lipinski definition) is 5. The number of H-pyrrole nitrogens is 1. The number of hydrogen-bond donors (Lipinski definition) is 2. The van der Waals surface area contributed by atoms with E-state index >= 15 is 0 Å². The molecule has 3 aromatic carbocycles. The molecular formula is C25H23FN2O4S. The maximum Gasteiger partial charge on any atom is 0.228 e. The highest BCUT2D eigenvalue weighted by atomic mass is 32.2. The van der Waals surface area contributed by atoms with Crippen molar-refractivity contribution >= 4 is 34.3 Å². The van der Waals surface area contributed by atoms with Crippen molar-refractivity contribution in [3.63, 3.8) is 0 Å². The number of amides is 1. The molecule has 0 bridgehead atoms. The van der Waals surface area contributed by atoms with Gasteiger partial charge >= 0.3 is 0 Å². The Bertz CT molecular complexity index is 1280. The molecule has 170 valence electrons. The summed E-state index contributed by atoms with van der Waals surface area (Å²) in [5, 5.41) is 4.53. The number of fused-ring (bicyclic) bond motifs is 1. The van der Waals surface area contributed by atoms with Crippen LogP contribution in [0.3, 0.4) is 0 Å². The zero-order valence-electron chi connectivity index (χ0n) is 18.4. The highest BCUT2D eigenvalue weighted by Gasteiger charge is 2.19. The van der Waals surface area contributed by atoms with E-state index in [1.54, 1.807) is 30.3 Å². The van der Waals surface area contributed by atoms with E-state index in [9.17, 15) is 9.18 Å². The van der Waals surface area contributed by atoms with Gasteiger partial charge in [-0.3, -0.25) is 4.79 Å². The van der Waals surface area contributed by atoms with Crippen LogP contribution in [0.4, 0.5) is 10.1 Å². The van der Waals surface area contributed by atoms with Crippen LogP contribution in [0, 0.1) is 5.82 Å². The average Bonchev–Trinajstić information content (AvgIpc) is 3.16. The van der Waals surface area contributed by atoms with E-state index in [1.807, 2.05) is 24.3 Å². The van der Waals surface area contributed by atoms with Gasteiger partial charge in [-0.1, -0.05) is 42.1 Å². The first kappa shape index (κ1) is 22.5. The van der Waals surface area contributed by atoms with Crippen molar-refractivity contribution in [1.82, 2.24) is 4.98 Å². The number of methoxy groups -OCH3 is 3. The molecule has 0 atom stereocenters. The van der Waals surface area contributed by atoms with Crippen LogP contribution in [0.2, 0.25) is 0 Å². The second kappa shape index (κ2) is 9.87. The van der Waals surface area contributed by atoms with Gasteiger partial charge in [0.05, 0.1) is 32.8 Å². The van der Waals surface area contributed by atoms with Gasteiger partial charge in [0.2, 0.25) is 11.7 Å². The molecule has 0 aliphatic carbocycles. The lowest BCUT2D eigenvalue weighted by Crippen LogP contribution is -2.15. The number of carbonyl (C=O) groups excluding carboxylic acids is 1. The van der Waals surface area contributed by atoms with Crippen LogP contribution in [-0.2, 0) is 11.2 Å². The minimum Gasteiger partial charge on any atom is -0.493 e. The summed E-state index contributed by atoms with van der Waals surface area (Å²) in [6.07, 6.45) is 0.0947. The highest BCUT2D eigenvalue weighted by molar-refractivity contribution is 7.99. The number of carbonyl (C=O) groups is 1. The van der Waals surface area contributed by atoms with E-state index < -0.39 is 0 Å². The van der Waals surface area contributed by atoms with Gasteiger partial charge in [-0.15, -0.1) is 0 Å². The lowest BCUT2D eigenvalue weighted by molar-refractivity contribution is -0.115. The van der Waals surface area contributed by atoms with Gasteiger partial charge in [0.25, 0.3) is 0 Å². The number of anilines is 1. The van der Waals surface area contributed by atoms with E-state index in [-0.39, 0.29) is 18.1 Å². The number of halogens is 1. The molecule has 2 N–H and O–H groups in total. The Morgan fingerprint density at radius 3 is 2.30 bits per heavy atom. The normalized spacial score (nSPS) is 10.8. The van der Waals surface area contributed by atoms with E-state index in [1.165, 1.54) is 39.2 Å². The molecule has 1 heterocycles.